The number of carbonyl (C=O) groups is 2. The predicted octanol–water partition coefficient (Wildman–Crippen LogP) is 4.12. The zero-order valence-corrected chi connectivity index (χ0v) is 17.5. The van der Waals surface area contributed by atoms with Gasteiger partial charge in [0.25, 0.3) is 0 Å². The molecule has 0 bridgehead atoms. The lowest BCUT2D eigenvalue weighted by Gasteiger charge is -2.24. The maximum atomic E-state index is 12.7. The molecule has 2 aromatic carbocycles. The summed E-state index contributed by atoms with van der Waals surface area (Å²) in [4.78, 5) is 27.5. The van der Waals surface area contributed by atoms with Crippen LogP contribution in [0.4, 0.5) is 11.4 Å². The van der Waals surface area contributed by atoms with Crippen LogP contribution in [0.15, 0.2) is 48.5 Å². The van der Waals surface area contributed by atoms with Crippen molar-refractivity contribution in [1.29, 1.82) is 0 Å². The van der Waals surface area contributed by atoms with Gasteiger partial charge in [0, 0.05) is 31.0 Å². The van der Waals surface area contributed by atoms with E-state index in [4.69, 9.17) is 0 Å². The highest BCUT2D eigenvalue weighted by atomic mass is 16.2. The van der Waals surface area contributed by atoms with Crippen LogP contribution in [0.5, 0.6) is 0 Å². The van der Waals surface area contributed by atoms with Crippen molar-refractivity contribution in [1.82, 2.24) is 5.32 Å². The van der Waals surface area contributed by atoms with Gasteiger partial charge in [-0.2, -0.15) is 0 Å². The van der Waals surface area contributed by atoms with Gasteiger partial charge in [-0.05, 0) is 64.4 Å². The smallest absolute Gasteiger partial charge is 0.239 e. The summed E-state index contributed by atoms with van der Waals surface area (Å²) >= 11 is 0. The maximum Gasteiger partial charge on any atom is 0.239 e. The third-order valence-electron chi connectivity index (χ3n) is 4.96. The van der Waals surface area contributed by atoms with E-state index in [1.54, 1.807) is 13.8 Å². The predicted molar refractivity (Wildman–Crippen MR) is 115 cm³/mol. The van der Waals surface area contributed by atoms with Gasteiger partial charge in [-0.3, -0.25) is 9.59 Å². The number of hydrogen-bond acceptors (Lipinski definition) is 3. The first-order valence-electron chi connectivity index (χ1n) is 9.78. The van der Waals surface area contributed by atoms with Crippen LogP contribution in [-0.4, -0.2) is 24.9 Å². The third kappa shape index (κ3) is 5.35. The highest BCUT2D eigenvalue weighted by Gasteiger charge is 2.35. The summed E-state index contributed by atoms with van der Waals surface area (Å²) in [5, 5.41) is 5.71. The van der Waals surface area contributed by atoms with Crippen molar-refractivity contribution in [3.63, 3.8) is 0 Å². The fraction of sp³-hybridized carbons (Fsp3) is 0.391. The Bertz CT molecular complexity index is 792. The molecule has 2 N–H and O–H groups in total. The van der Waals surface area contributed by atoms with E-state index in [0.29, 0.717) is 12.2 Å². The van der Waals surface area contributed by atoms with Gasteiger partial charge in [-0.15, -0.1) is 0 Å². The summed E-state index contributed by atoms with van der Waals surface area (Å²) in [5.74, 6) is -0.630. The molecule has 0 aliphatic carbocycles. The summed E-state index contributed by atoms with van der Waals surface area (Å²) in [6.07, 6.45) is 0. The molecule has 0 unspecified atom stereocenters. The molecular weight excluding hydrogens is 350 g/mol. The molecule has 5 heteroatoms. The lowest BCUT2D eigenvalue weighted by Crippen LogP contribution is -2.44. The van der Waals surface area contributed by atoms with Crippen molar-refractivity contribution in [2.75, 3.05) is 23.3 Å². The van der Waals surface area contributed by atoms with Crippen molar-refractivity contribution >= 4 is 23.2 Å². The first-order chi connectivity index (χ1) is 13.3. The van der Waals surface area contributed by atoms with Gasteiger partial charge in [-0.25, -0.2) is 0 Å². The van der Waals surface area contributed by atoms with Crippen molar-refractivity contribution in [2.45, 2.75) is 41.2 Å². The van der Waals surface area contributed by atoms with Crippen LogP contribution in [0.25, 0.3) is 0 Å². The van der Waals surface area contributed by atoms with Crippen molar-refractivity contribution in [3.05, 3.63) is 59.7 Å². The molecule has 0 aliphatic heterocycles. The SMILES string of the molecule is CCN(CC)c1ccc(NC(=O)C(C)(C)C(=O)NCc2ccc(C)cc2)cc1. The molecule has 0 fully saturated rings. The van der Waals surface area contributed by atoms with Crippen LogP contribution in [-0.2, 0) is 16.1 Å². The van der Waals surface area contributed by atoms with Gasteiger partial charge in [0.05, 0.1) is 0 Å². The van der Waals surface area contributed by atoms with Crippen LogP contribution in [0.2, 0.25) is 0 Å². The Kier molecular flexibility index (Phi) is 7.21. The fourth-order valence-electron chi connectivity index (χ4n) is 2.84. The Morgan fingerprint density at radius 2 is 1.46 bits per heavy atom. The maximum absolute atomic E-state index is 12.7. The van der Waals surface area contributed by atoms with Crippen LogP contribution >= 0.6 is 0 Å². The van der Waals surface area contributed by atoms with Crippen LogP contribution < -0.4 is 15.5 Å². The molecule has 2 aromatic rings. The van der Waals surface area contributed by atoms with Crippen LogP contribution in [0.1, 0.15) is 38.8 Å². The van der Waals surface area contributed by atoms with Crippen molar-refractivity contribution in [2.24, 2.45) is 5.41 Å². The number of nitrogens with zero attached hydrogens (tertiary/aromatic N) is 1. The Hall–Kier alpha value is -2.82. The number of amides is 2. The molecule has 28 heavy (non-hydrogen) atoms. The lowest BCUT2D eigenvalue weighted by atomic mass is 9.90. The molecule has 5 nitrogen and oxygen atoms in total. The molecule has 0 saturated heterocycles. The highest BCUT2D eigenvalue weighted by Crippen LogP contribution is 2.22. The number of aryl methyl sites for hydroxylation is 1. The molecule has 150 valence electrons. The Labute approximate surface area is 168 Å². The second kappa shape index (κ2) is 9.40. The van der Waals surface area contributed by atoms with Gasteiger partial charge >= 0.3 is 0 Å². The molecule has 2 amide bonds. The summed E-state index contributed by atoms with van der Waals surface area (Å²) in [7, 11) is 0. The van der Waals surface area contributed by atoms with E-state index in [0.717, 1.165) is 24.3 Å². The molecule has 2 rings (SSSR count). The first-order valence-corrected chi connectivity index (χ1v) is 9.78. The number of rotatable bonds is 8. The minimum absolute atomic E-state index is 0.301. The average molecular weight is 382 g/mol. The van der Waals surface area contributed by atoms with Crippen molar-refractivity contribution < 1.29 is 9.59 Å². The molecule has 0 heterocycles. The Morgan fingerprint density at radius 1 is 0.893 bits per heavy atom. The summed E-state index contributed by atoms with van der Waals surface area (Å²) in [6, 6.07) is 15.6. The number of nitrogens with one attached hydrogen (secondary N) is 2. The van der Waals surface area contributed by atoms with Gasteiger partial charge in [-0.1, -0.05) is 29.8 Å². The summed E-state index contributed by atoms with van der Waals surface area (Å²) < 4.78 is 0. The molecule has 0 aromatic heterocycles. The molecular formula is C23H31N3O2. The average Bonchev–Trinajstić information content (AvgIpc) is 2.69. The molecule has 0 spiro atoms. The zero-order chi connectivity index (χ0) is 20.7. The summed E-state index contributed by atoms with van der Waals surface area (Å²) in [6.45, 7) is 11.8. The van der Waals surface area contributed by atoms with E-state index in [2.05, 4.69) is 29.4 Å². The van der Waals surface area contributed by atoms with E-state index >= 15 is 0 Å². The van der Waals surface area contributed by atoms with Crippen LogP contribution in [0.3, 0.4) is 0 Å². The lowest BCUT2D eigenvalue weighted by molar-refractivity contribution is -0.138. The van der Waals surface area contributed by atoms with E-state index in [9.17, 15) is 9.59 Å². The zero-order valence-electron chi connectivity index (χ0n) is 17.5. The first kappa shape index (κ1) is 21.5. The molecule has 0 saturated carbocycles. The van der Waals surface area contributed by atoms with Crippen molar-refractivity contribution in [3.8, 4) is 0 Å². The fourth-order valence-corrected chi connectivity index (χ4v) is 2.84. The largest absolute Gasteiger partial charge is 0.372 e. The number of hydrogen-bond donors (Lipinski definition) is 2. The standard InChI is InChI=1S/C23H31N3O2/c1-6-26(7-2)20-14-12-19(13-15-20)25-22(28)23(4,5)21(27)24-16-18-10-8-17(3)9-11-18/h8-15H,6-7,16H2,1-5H3,(H,24,27)(H,25,28). The third-order valence-corrected chi connectivity index (χ3v) is 4.96. The quantitative estimate of drug-likeness (QED) is 0.676. The van der Waals surface area contributed by atoms with Gasteiger partial charge in [0.2, 0.25) is 11.8 Å². The van der Waals surface area contributed by atoms with E-state index < -0.39 is 5.41 Å². The number of carbonyl (C=O) groups excluding carboxylic acids is 2. The monoisotopic (exact) mass is 381 g/mol. The topological polar surface area (TPSA) is 61.4 Å². The van der Waals surface area contributed by atoms with Gasteiger partial charge in [0.15, 0.2) is 0 Å². The Balaban J connectivity index is 1.97. The number of anilines is 2. The highest BCUT2D eigenvalue weighted by molar-refractivity contribution is 6.09. The number of benzene rings is 2. The Morgan fingerprint density at radius 3 is 2.00 bits per heavy atom. The summed E-state index contributed by atoms with van der Waals surface area (Å²) in [5.41, 5.74) is 2.78. The molecule has 0 radical (unpaired) electrons. The minimum atomic E-state index is -1.18. The molecule has 0 aliphatic rings. The van der Waals surface area contributed by atoms with E-state index in [-0.39, 0.29) is 11.8 Å². The molecule has 0 atom stereocenters. The van der Waals surface area contributed by atoms with Gasteiger partial charge in [0.1, 0.15) is 5.41 Å². The second-order valence-corrected chi connectivity index (χ2v) is 7.47. The normalized spacial score (nSPS) is 11.0. The van der Waals surface area contributed by atoms with Crippen LogP contribution in [0, 0.1) is 12.3 Å². The second-order valence-electron chi connectivity index (χ2n) is 7.47. The van der Waals surface area contributed by atoms with E-state index in [1.165, 1.54) is 5.56 Å². The van der Waals surface area contributed by atoms with E-state index in [1.807, 2.05) is 55.5 Å². The minimum Gasteiger partial charge on any atom is -0.372 e. The van der Waals surface area contributed by atoms with Gasteiger partial charge < -0.3 is 15.5 Å².